The van der Waals surface area contributed by atoms with Gasteiger partial charge in [0.2, 0.25) is 0 Å². The van der Waals surface area contributed by atoms with Crippen LogP contribution in [0.1, 0.15) is 28.5 Å². The third kappa shape index (κ3) is 3.71. The smallest absolute Gasteiger partial charge is 0.338 e. The van der Waals surface area contributed by atoms with E-state index in [0.29, 0.717) is 10.8 Å². The van der Waals surface area contributed by atoms with Crippen LogP contribution in [-0.4, -0.2) is 33.5 Å². The number of aliphatic hydroxyl groups excluding tert-OH is 1. The number of carboxylic acid groups (broad SMARTS) is 1. The summed E-state index contributed by atoms with van der Waals surface area (Å²) in [4.78, 5) is 15.4. The molecule has 0 aliphatic carbocycles. The SMILES string of the molecule is Cc1cc(C)c(C(=O)O)c(SCC(C)CO)n1. The summed E-state index contributed by atoms with van der Waals surface area (Å²) < 4.78 is 0. The first kappa shape index (κ1) is 14.0. The summed E-state index contributed by atoms with van der Waals surface area (Å²) >= 11 is 1.38. The van der Waals surface area contributed by atoms with Gasteiger partial charge in [0, 0.05) is 18.1 Å². The first-order chi connectivity index (χ1) is 7.95. The van der Waals surface area contributed by atoms with E-state index >= 15 is 0 Å². The molecule has 0 fully saturated rings. The summed E-state index contributed by atoms with van der Waals surface area (Å²) in [5.74, 6) is -0.162. The van der Waals surface area contributed by atoms with Gasteiger partial charge in [-0.1, -0.05) is 6.92 Å². The summed E-state index contributed by atoms with van der Waals surface area (Å²) in [7, 11) is 0. The highest BCUT2D eigenvalue weighted by Crippen LogP contribution is 2.25. The Balaban J connectivity index is 3.00. The summed E-state index contributed by atoms with van der Waals surface area (Å²) in [5.41, 5.74) is 1.81. The first-order valence-electron chi connectivity index (χ1n) is 5.41. The zero-order valence-electron chi connectivity index (χ0n) is 10.2. The lowest BCUT2D eigenvalue weighted by Gasteiger charge is -2.11. The lowest BCUT2D eigenvalue weighted by molar-refractivity contribution is 0.0691. The molecular weight excluding hydrogens is 238 g/mol. The summed E-state index contributed by atoms with van der Waals surface area (Å²) in [6.07, 6.45) is 0. The van der Waals surface area contributed by atoms with Gasteiger partial charge in [0.15, 0.2) is 0 Å². The highest BCUT2D eigenvalue weighted by molar-refractivity contribution is 7.99. The lowest BCUT2D eigenvalue weighted by Crippen LogP contribution is -2.08. The molecule has 0 aromatic carbocycles. The normalized spacial score (nSPS) is 12.5. The van der Waals surface area contributed by atoms with Crippen molar-refractivity contribution in [1.29, 1.82) is 0 Å². The lowest BCUT2D eigenvalue weighted by atomic mass is 10.1. The van der Waals surface area contributed by atoms with Gasteiger partial charge in [-0.25, -0.2) is 9.78 Å². The molecule has 0 saturated heterocycles. The van der Waals surface area contributed by atoms with Gasteiger partial charge >= 0.3 is 5.97 Å². The molecule has 5 heteroatoms. The van der Waals surface area contributed by atoms with Gasteiger partial charge in [-0.15, -0.1) is 11.8 Å². The molecule has 2 N–H and O–H groups in total. The molecule has 0 radical (unpaired) electrons. The Hall–Kier alpha value is -1.07. The van der Waals surface area contributed by atoms with Gasteiger partial charge in [-0.2, -0.15) is 0 Å². The van der Waals surface area contributed by atoms with E-state index in [1.165, 1.54) is 11.8 Å². The van der Waals surface area contributed by atoms with Gasteiger partial charge in [0.1, 0.15) is 5.03 Å². The Morgan fingerprint density at radius 1 is 1.53 bits per heavy atom. The van der Waals surface area contributed by atoms with Gasteiger partial charge in [0.25, 0.3) is 0 Å². The highest BCUT2D eigenvalue weighted by Gasteiger charge is 2.16. The quantitative estimate of drug-likeness (QED) is 0.789. The molecule has 0 bridgehead atoms. The number of rotatable bonds is 5. The number of aryl methyl sites for hydroxylation is 2. The molecule has 0 amide bonds. The zero-order valence-corrected chi connectivity index (χ0v) is 11.0. The van der Waals surface area contributed by atoms with Gasteiger partial charge < -0.3 is 10.2 Å². The third-order valence-corrected chi connectivity index (χ3v) is 3.65. The Morgan fingerprint density at radius 3 is 2.71 bits per heavy atom. The Bertz CT molecular complexity index is 420. The number of aromatic nitrogens is 1. The second kappa shape index (κ2) is 6.02. The van der Waals surface area contributed by atoms with Crippen molar-refractivity contribution >= 4 is 17.7 Å². The van der Waals surface area contributed by atoms with Crippen molar-refractivity contribution in [2.24, 2.45) is 5.92 Å². The molecule has 0 spiro atoms. The predicted molar refractivity (Wildman–Crippen MR) is 67.6 cm³/mol. The van der Waals surface area contributed by atoms with Crippen molar-refractivity contribution < 1.29 is 15.0 Å². The molecule has 0 aliphatic rings. The highest BCUT2D eigenvalue weighted by atomic mass is 32.2. The molecule has 1 aromatic heterocycles. The maximum absolute atomic E-state index is 11.2. The molecule has 1 unspecified atom stereocenters. The van der Waals surface area contributed by atoms with Crippen LogP contribution < -0.4 is 0 Å². The van der Waals surface area contributed by atoms with Crippen LogP contribution in [0.15, 0.2) is 11.1 Å². The number of pyridine rings is 1. The summed E-state index contributed by atoms with van der Waals surface area (Å²) in [5, 5.41) is 18.6. The predicted octanol–water partition coefficient (Wildman–Crippen LogP) is 2.12. The minimum Gasteiger partial charge on any atom is -0.478 e. The van der Waals surface area contributed by atoms with Crippen LogP contribution in [0, 0.1) is 19.8 Å². The van der Waals surface area contributed by atoms with Crippen molar-refractivity contribution in [2.75, 3.05) is 12.4 Å². The van der Waals surface area contributed by atoms with Crippen LogP contribution in [0.5, 0.6) is 0 Å². The number of hydrogen-bond donors (Lipinski definition) is 2. The average molecular weight is 255 g/mol. The van der Waals surface area contributed by atoms with Crippen molar-refractivity contribution in [3.8, 4) is 0 Å². The second-order valence-corrected chi connectivity index (χ2v) is 5.17. The minimum absolute atomic E-state index is 0.0974. The van der Waals surface area contributed by atoms with Gasteiger partial charge in [-0.05, 0) is 31.4 Å². The number of aliphatic hydroxyl groups is 1. The Morgan fingerprint density at radius 2 is 2.18 bits per heavy atom. The molecule has 0 saturated carbocycles. The van der Waals surface area contributed by atoms with Crippen LogP contribution in [0.3, 0.4) is 0 Å². The van der Waals surface area contributed by atoms with Gasteiger partial charge in [0.05, 0.1) is 5.56 Å². The Labute approximate surface area is 105 Å². The minimum atomic E-state index is -0.950. The summed E-state index contributed by atoms with van der Waals surface area (Å²) in [6, 6.07) is 1.77. The average Bonchev–Trinajstić information content (AvgIpc) is 2.24. The van der Waals surface area contributed by atoms with Crippen LogP contribution in [0.25, 0.3) is 0 Å². The van der Waals surface area contributed by atoms with E-state index in [-0.39, 0.29) is 18.1 Å². The third-order valence-electron chi connectivity index (χ3n) is 2.34. The molecule has 17 heavy (non-hydrogen) atoms. The molecule has 4 nitrogen and oxygen atoms in total. The topological polar surface area (TPSA) is 70.4 Å². The van der Waals surface area contributed by atoms with Crippen LogP contribution >= 0.6 is 11.8 Å². The fourth-order valence-electron chi connectivity index (χ4n) is 1.44. The molecule has 1 atom stereocenters. The van der Waals surface area contributed by atoms with Gasteiger partial charge in [-0.3, -0.25) is 0 Å². The van der Waals surface area contributed by atoms with E-state index in [1.807, 2.05) is 13.8 Å². The fraction of sp³-hybridized carbons (Fsp3) is 0.500. The number of nitrogens with zero attached hydrogens (tertiary/aromatic N) is 1. The van der Waals surface area contributed by atoms with Crippen molar-refractivity contribution in [3.63, 3.8) is 0 Å². The molecular formula is C12H17NO3S. The fourth-order valence-corrected chi connectivity index (χ4v) is 2.59. The van der Waals surface area contributed by atoms with E-state index < -0.39 is 5.97 Å². The molecule has 94 valence electrons. The van der Waals surface area contributed by atoms with Crippen LogP contribution in [0.4, 0.5) is 0 Å². The van der Waals surface area contributed by atoms with E-state index in [0.717, 1.165) is 11.3 Å². The maximum atomic E-state index is 11.2. The molecule has 0 aliphatic heterocycles. The van der Waals surface area contributed by atoms with Crippen molar-refractivity contribution in [3.05, 3.63) is 22.9 Å². The maximum Gasteiger partial charge on any atom is 0.338 e. The van der Waals surface area contributed by atoms with E-state index in [2.05, 4.69) is 4.98 Å². The monoisotopic (exact) mass is 255 g/mol. The summed E-state index contributed by atoms with van der Waals surface area (Å²) in [6.45, 7) is 5.63. The number of carboxylic acids is 1. The number of carbonyl (C=O) groups is 1. The van der Waals surface area contributed by atoms with Crippen LogP contribution in [-0.2, 0) is 0 Å². The van der Waals surface area contributed by atoms with Crippen molar-refractivity contribution in [2.45, 2.75) is 25.8 Å². The van der Waals surface area contributed by atoms with Crippen molar-refractivity contribution in [1.82, 2.24) is 4.98 Å². The number of hydrogen-bond acceptors (Lipinski definition) is 4. The first-order valence-corrected chi connectivity index (χ1v) is 6.39. The second-order valence-electron chi connectivity index (χ2n) is 4.16. The van der Waals surface area contributed by atoms with E-state index in [9.17, 15) is 4.79 Å². The molecule has 1 rings (SSSR count). The Kier molecular flexibility index (Phi) is 4.96. The van der Waals surface area contributed by atoms with Crippen LogP contribution in [0.2, 0.25) is 0 Å². The molecule has 1 aromatic rings. The number of thioether (sulfide) groups is 1. The van der Waals surface area contributed by atoms with E-state index in [1.54, 1.807) is 13.0 Å². The number of aromatic carboxylic acids is 1. The zero-order chi connectivity index (χ0) is 13.0. The van der Waals surface area contributed by atoms with E-state index in [4.69, 9.17) is 10.2 Å². The molecule has 1 heterocycles. The standard InChI is InChI=1S/C12H17NO3S/c1-7(5-14)6-17-11-10(12(15)16)8(2)4-9(3)13-11/h4,7,14H,5-6H2,1-3H3,(H,15,16). The largest absolute Gasteiger partial charge is 0.478 e.